The highest BCUT2D eigenvalue weighted by atomic mass is 16.2. The van der Waals surface area contributed by atoms with Crippen molar-refractivity contribution in [2.24, 2.45) is 7.05 Å². The molecular weight excluding hydrogens is 336 g/mol. The summed E-state index contributed by atoms with van der Waals surface area (Å²) in [5.41, 5.74) is 5.05. The molecule has 2 aromatic carbocycles. The zero-order chi connectivity index (χ0) is 18.5. The van der Waals surface area contributed by atoms with Crippen molar-refractivity contribution in [2.75, 3.05) is 6.54 Å². The lowest BCUT2D eigenvalue weighted by Gasteiger charge is -2.23. The topological polar surface area (TPSA) is 53.9 Å². The van der Waals surface area contributed by atoms with E-state index in [0.29, 0.717) is 0 Å². The number of hydrogen-bond acceptors (Lipinski definition) is 2. The first-order chi connectivity index (χ1) is 13.1. The first-order valence-corrected chi connectivity index (χ1v) is 9.43. The van der Waals surface area contributed by atoms with Gasteiger partial charge in [-0.2, -0.15) is 0 Å². The number of nitrogens with one attached hydrogen (secondary N) is 1. The quantitative estimate of drug-likeness (QED) is 0.579. The van der Waals surface area contributed by atoms with Crippen molar-refractivity contribution in [3.8, 4) is 0 Å². The molecule has 5 rings (SSSR count). The zero-order valence-corrected chi connectivity index (χ0v) is 15.6. The first-order valence-electron chi connectivity index (χ1n) is 9.43. The van der Waals surface area contributed by atoms with Gasteiger partial charge in [0.1, 0.15) is 5.82 Å². The molecule has 1 aliphatic heterocycles. The summed E-state index contributed by atoms with van der Waals surface area (Å²) in [6, 6.07) is 14.2. The average molecular weight is 358 g/mol. The third-order valence-electron chi connectivity index (χ3n) is 5.64. The van der Waals surface area contributed by atoms with E-state index in [2.05, 4.69) is 34.7 Å². The third kappa shape index (κ3) is 2.53. The van der Waals surface area contributed by atoms with Crippen molar-refractivity contribution in [1.82, 2.24) is 19.4 Å². The van der Waals surface area contributed by atoms with Crippen LogP contribution in [-0.4, -0.2) is 31.9 Å². The molecule has 4 aromatic rings. The Labute approximate surface area is 157 Å². The Kier molecular flexibility index (Phi) is 3.57. The standard InChI is InChI=1S/C22H22N4O/c1-14-8-9-17-18(13-14)24-21(23-17)20-7-4-11-26(20)22(27)16-5-3-6-19-15(16)10-12-25(19)2/h3,5-6,8-10,12-13,20H,4,7,11H2,1-2H3,(H,23,24)/t20-/m1/s1. The Morgan fingerprint density at radius 3 is 3.00 bits per heavy atom. The van der Waals surface area contributed by atoms with Gasteiger partial charge in [-0.1, -0.05) is 12.1 Å². The van der Waals surface area contributed by atoms with E-state index in [1.54, 1.807) is 0 Å². The molecule has 1 fully saturated rings. The van der Waals surface area contributed by atoms with Crippen LogP contribution in [0.1, 0.15) is 40.6 Å². The Hall–Kier alpha value is -3.08. The molecule has 0 unspecified atom stereocenters. The van der Waals surface area contributed by atoms with Gasteiger partial charge in [-0.15, -0.1) is 0 Å². The van der Waals surface area contributed by atoms with E-state index >= 15 is 0 Å². The summed E-state index contributed by atoms with van der Waals surface area (Å²) in [4.78, 5) is 23.6. The molecule has 1 aliphatic rings. The van der Waals surface area contributed by atoms with Gasteiger partial charge >= 0.3 is 0 Å². The van der Waals surface area contributed by atoms with Crippen LogP contribution in [0.2, 0.25) is 0 Å². The van der Waals surface area contributed by atoms with Gasteiger partial charge in [-0.3, -0.25) is 4.79 Å². The molecule has 0 aliphatic carbocycles. The highest BCUT2D eigenvalue weighted by Gasteiger charge is 2.33. The number of fused-ring (bicyclic) bond motifs is 2. The summed E-state index contributed by atoms with van der Waals surface area (Å²) in [5, 5.41) is 1.01. The van der Waals surface area contributed by atoms with E-state index in [9.17, 15) is 4.79 Å². The van der Waals surface area contributed by atoms with Crippen molar-refractivity contribution in [3.05, 3.63) is 65.6 Å². The minimum absolute atomic E-state index is 0.00387. The van der Waals surface area contributed by atoms with E-state index < -0.39 is 0 Å². The maximum absolute atomic E-state index is 13.4. The summed E-state index contributed by atoms with van der Waals surface area (Å²) in [6.45, 7) is 2.84. The normalized spacial score (nSPS) is 17.3. The molecular formula is C22H22N4O. The molecule has 3 heterocycles. The number of aromatic amines is 1. The van der Waals surface area contributed by atoms with Gasteiger partial charge in [0.05, 0.1) is 17.1 Å². The van der Waals surface area contributed by atoms with Gasteiger partial charge in [-0.05, 0) is 55.7 Å². The lowest BCUT2D eigenvalue weighted by Crippen LogP contribution is -2.31. The molecule has 5 nitrogen and oxygen atoms in total. The number of hydrogen-bond donors (Lipinski definition) is 1. The second kappa shape index (κ2) is 5.98. The number of amides is 1. The largest absolute Gasteiger partial charge is 0.351 e. The molecule has 1 saturated heterocycles. The Morgan fingerprint density at radius 2 is 2.11 bits per heavy atom. The van der Waals surface area contributed by atoms with Gasteiger partial charge in [0, 0.05) is 36.3 Å². The Morgan fingerprint density at radius 1 is 1.22 bits per heavy atom. The third-order valence-corrected chi connectivity index (χ3v) is 5.64. The Balaban J connectivity index is 1.54. The van der Waals surface area contributed by atoms with Crippen LogP contribution in [0.4, 0.5) is 0 Å². The maximum atomic E-state index is 13.4. The summed E-state index contributed by atoms with van der Waals surface area (Å²) in [5.74, 6) is 0.979. The molecule has 1 atom stereocenters. The van der Waals surface area contributed by atoms with Crippen LogP contribution in [0.15, 0.2) is 48.7 Å². The minimum atomic E-state index is 0.00387. The van der Waals surface area contributed by atoms with E-state index in [1.165, 1.54) is 5.56 Å². The minimum Gasteiger partial charge on any atom is -0.351 e. The fourth-order valence-corrected chi connectivity index (χ4v) is 4.24. The number of carbonyl (C=O) groups excluding carboxylic acids is 1. The van der Waals surface area contributed by atoms with E-state index in [4.69, 9.17) is 4.98 Å². The van der Waals surface area contributed by atoms with Crippen molar-refractivity contribution >= 4 is 27.8 Å². The lowest BCUT2D eigenvalue weighted by atomic mass is 10.1. The van der Waals surface area contributed by atoms with Gasteiger partial charge in [0.2, 0.25) is 0 Å². The van der Waals surface area contributed by atoms with Gasteiger partial charge in [0.15, 0.2) is 0 Å². The van der Waals surface area contributed by atoms with Crippen molar-refractivity contribution in [2.45, 2.75) is 25.8 Å². The predicted molar refractivity (Wildman–Crippen MR) is 107 cm³/mol. The molecule has 5 heteroatoms. The number of rotatable bonds is 2. The van der Waals surface area contributed by atoms with Crippen LogP contribution >= 0.6 is 0 Å². The number of H-pyrrole nitrogens is 1. The second-order valence-electron chi connectivity index (χ2n) is 7.46. The molecule has 1 amide bonds. The second-order valence-corrected chi connectivity index (χ2v) is 7.46. The molecule has 136 valence electrons. The molecule has 0 saturated carbocycles. The number of benzene rings is 2. The fourth-order valence-electron chi connectivity index (χ4n) is 4.24. The smallest absolute Gasteiger partial charge is 0.255 e. The summed E-state index contributed by atoms with van der Waals surface area (Å²) < 4.78 is 2.05. The number of aryl methyl sites for hydroxylation is 2. The number of aromatic nitrogens is 3. The number of nitrogens with zero attached hydrogens (tertiary/aromatic N) is 3. The zero-order valence-electron chi connectivity index (χ0n) is 15.6. The first kappa shape index (κ1) is 16.1. The van der Waals surface area contributed by atoms with Crippen LogP contribution in [0.3, 0.4) is 0 Å². The Bertz CT molecular complexity index is 1170. The van der Waals surface area contributed by atoms with Crippen LogP contribution in [-0.2, 0) is 7.05 Å². The van der Waals surface area contributed by atoms with Gasteiger partial charge in [-0.25, -0.2) is 4.98 Å². The number of carbonyl (C=O) groups is 1. The highest BCUT2D eigenvalue weighted by Crippen LogP contribution is 2.34. The molecule has 2 aromatic heterocycles. The average Bonchev–Trinajstić information content (AvgIpc) is 3.38. The summed E-state index contributed by atoms with van der Waals surface area (Å²) >= 11 is 0. The molecule has 0 radical (unpaired) electrons. The van der Waals surface area contributed by atoms with Crippen LogP contribution < -0.4 is 0 Å². The van der Waals surface area contributed by atoms with Crippen molar-refractivity contribution in [3.63, 3.8) is 0 Å². The maximum Gasteiger partial charge on any atom is 0.255 e. The molecule has 27 heavy (non-hydrogen) atoms. The van der Waals surface area contributed by atoms with Crippen molar-refractivity contribution in [1.29, 1.82) is 0 Å². The number of imidazole rings is 1. The fraction of sp³-hybridized carbons (Fsp3) is 0.273. The monoisotopic (exact) mass is 358 g/mol. The summed E-state index contributed by atoms with van der Waals surface area (Å²) in [6.07, 6.45) is 3.94. The van der Waals surface area contributed by atoms with Gasteiger partial charge < -0.3 is 14.5 Å². The lowest BCUT2D eigenvalue weighted by molar-refractivity contribution is 0.0732. The van der Waals surface area contributed by atoms with E-state index in [-0.39, 0.29) is 11.9 Å². The summed E-state index contributed by atoms with van der Waals surface area (Å²) in [7, 11) is 2.01. The van der Waals surface area contributed by atoms with Crippen LogP contribution in [0, 0.1) is 6.92 Å². The molecule has 1 N–H and O–H groups in total. The van der Waals surface area contributed by atoms with Gasteiger partial charge in [0.25, 0.3) is 5.91 Å². The SMILES string of the molecule is Cc1ccc2nc([C@H]3CCCN3C(=O)c3cccc4c3ccn4C)[nH]c2c1. The van der Waals surface area contributed by atoms with E-state index in [1.807, 2.05) is 42.4 Å². The molecule has 0 spiro atoms. The van der Waals surface area contributed by atoms with Crippen molar-refractivity contribution < 1.29 is 4.79 Å². The van der Waals surface area contributed by atoms with Crippen LogP contribution in [0.25, 0.3) is 21.9 Å². The highest BCUT2D eigenvalue weighted by molar-refractivity contribution is 6.06. The van der Waals surface area contributed by atoms with Crippen LogP contribution in [0.5, 0.6) is 0 Å². The molecule has 0 bridgehead atoms. The number of likely N-dealkylation sites (tertiary alicyclic amines) is 1. The predicted octanol–water partition coefficient (Wildman–Crippen LogP) is 4.34. The van der Waals surface area contributed by atoms with E-state index in [0.717, 1.165) is 52.7 Å².